The summed E-state index contributed by atoms with van der Waals surface area (Å²) in [4.78, 5) is 27.3. The van der Waals surface area contributed by atoms with Crippen LogP contribution in [-0.2, 0) is 9.59 Å². The Hall–Kier alpha value is -3.71. The van der Waals surface area contributed by atoms with E-state index in [1.807, 2.05) is 80.1 Å². The summed E-state index contributed by atoms with van der Waals surface area (Å²) < 4.78 is 7.21. The van der Waals surface area contributed by atoms with E-state index in [2.05, 4.69) is 5.32 Å². The third kappa shape index (κ3) is 3.94. The molecule has 162 valence electrons. The molecule has 0 atom stereocenters. The first kappa shape index (κ1) is 21.5. The Morgan fingerprint density at radius 3 is 2.38 bits per heavy atom. The molecule has 1 saturated heterocycles. The molecule has 32 heavy (non-hydrogen) atoms. The van der Waals surface area contributed by atoms with Gasteiger partial charge in [-0.05, 0) is 86.6 Å². The molecule has 3 aromatic rings. The topological polar surface area (TPSA) is 63.6 Å². The molecule has 0 bridgehead atoms. The van der Waals surface area contributed by atoms with Crippen molar-refractivity contribution in [1.29, 1.82) is 0 Å². The molecule has 1 aliphatic heterocycles. The number of ether oxygens (including phenoxy) is 1. The minimum Gasteiger partial charge on any atom is -0.497 e. The molecule has 1 aliphatic rings. The Morgan fingerprint density at radius 1 is 1.00 bits per heavy atom. The number of hydrogen-bond acceptors (Lipinski definition) is 4. The monoisotopic (exact) mass is 445 g/mol. The number of carbonyl (C=O) groups excluding carboxylic acids is 2. The van der Waals surface area contributed by atoms with Crippen molar-refractivity contribution >= 4 is 40.9 Å². The van der Waals surface area contributed by atoms with Gasteiger partial charge in [0.15, 0.2) is 5.11 Å². The number of anilines is 1. The molecule has 0 aliphatic carbocycles. The summed E-state index contributed by atoms with van der Waals surface area (Å²) >= 11 is 5.31. The molecule has 1 aromatic heterocycles. The molecule has 0 spiro atoms. The maximum Gasteiger partial charge on any atom is 0.270 e. The van der Waals surface area contributed by atoms with Crippen molar-refractivity contribution in [2.75, 3.05) is 12.0 Å². The van der Waals surface area contributed by atoms with E-state index in [-0.39, 0.29) is 10.7 Å². The second-order valence-electron chi connectivity index (χ2n) is 7.73. The lowest BCUT2D eigenvalue weighted by Gasteiger charge is -2.30. The Morgan fingerprint density at radius 2 is 1.72 bits per heavy atom. The number of carbonyl (C=O) groups is 2. The van der Waals surface area contributed by atoms with Crippen molar-refractivity contribution in [3.05, 3.63) is 82.7 Å². The van der Waals surface area contributed by atoms with E-state index < -0.39 is 11.8 Å². The van der Waals surface area contributed by atoms with E-state index in [9.17, 15) is 9.59 Å². The minimum absolute atomic E-state index is 0.0328. The highest BCUT2D eigenvalue weighted by molar-refractivity contribution is 7.80. The summed E-state index contributed by atoms with van der Waals surface area (Å²) in [6, 6.07) is 15.3. The highest BCUT2D eigenvalue weighted by Crippen LogP contribution is 2.27. The van der Waals surface area contributed by atoms with Gasteiger partial charge in [0, 0.05) is 17.6 Å². The Balaban J connectivity index is 1.70. The summed E-state index contributed by atoms with van der Waals surface area (Å²) in [7, 11) is 1.62. The van der Waals surface area contributed by atoms with Crippen LogP contribution in [0.5, 0.6) is 5.75 Å². The number of thiocarbonyl (C=S) groups is 1. The van der Waals surface area contributed by atoms with Gasteiger partial charge in [-0.1, -0.05) is 17.7 Å². The first-order valence-corrected chi connectivity index (χ1v) is 10.5. The quantitative estimate of drug-likeness (QED) is 0.371. The molecule has 0 radical (unpaired) electrons. The Kier molecular flexibility index (Phi) is 5.67. The summed E-state index contributed by atoms with van der Waals surface area (Å²) in [5, 5.41) is 2.72. The zero-order chi connectivity index (χ0) is 23.0. The van der Waals surface area contributed by atoms with Gasteiger partial charge in [-0.2, -0.15) is 0 Å². The van der Waals surface area contributed by atoms with Gasteiger partial charge in [-0.15, -0.1) is 0 Å². The molecule has 0 unspecified atom stereocenters. The van der Waals surface area contributed by atoms with Crippen molar-refractivity contribution in [3.8, 4) is 11.4 Å². The van der Waals surface area contributed by atoms with Crippen LogP contribution >= 0.6 is 12.2 Å². The average Bonchev–Trinajstić information content (AvgIpc) is 3.12. The predicted molar refractivity (Wildman–Crippen MR) is 129 cm³/mol. The first-order chi connectivity index (χ1) is 15.3. The van der Waals surface area contributed by atoms with E-state index in [1.165, 1.54) is 4.90 Å². The first-order valence-electron chi connectivity index (χ1n) is 10.1. The molecule has 2 aromatic carbocycles. The number of benzene rings is 2. The molecule has 0 saturated carbocycles. The largest absolute Gasteiger partial charge is 0.497 e. The fraction of sp³-hybridized carbons (Fsp3) is 0.160. The van der Waals surface area contributed by atoms with Crippen molar-refractivity contribution in [2.45, 2.75) is 20.8 Å². The van der Waals surface area contributed by atoms with Gasteiger partial charge in [-0.25, -0.2) is 0 Å². The number of rotatable bonds is 4. The Bertz CT molecular complexity index is 1270. The lowest BCUT2D eigenvalue weighted by atomic mass is 10.1. The highest BCUT2D eigenvalue weighted by Gasteiger charge is 2.35. The van der Waals surface area contributed by atoms with Crippen LogP contribution in [0.4, 0.5) is 5.69 Å². The maximum absolute atomic E-state index is 13.3. The number of nitrogens with one attached hydrogen (secondary N) is 1. The molecule has 2 amide bonds. The van der Waals surface area contributed by atoms with Gasteiger partial charge in [0.25, 0.3) is 11.8 Å². The number of aromatic nitrogens is 1. The van der Waals surface area contributed by atoms with Gasteiger partial charge >= 0.3 is 0 Å². The maximum atomic E-state index is 13.3. The van der Waals surface area contributed by atoms with E-state index >= 15 is 0 Å². The SMILES string of the molecule is COc1ccc(-n2cc(/C=C3/C(=O)NC(=S)N(c4ccc(C)cc4C)C3=O)cc2C)cc1. The second-order valence-corrected chi connectivity index (χ2v) is 8.12. The normalized spacial score (nSPS) is 15.3. The third-order valence-electron chi connectivity index (χ3n) is 5.39. The zero-order valence-electron chi connectivity index (χ0n) is 18.3. The van der Waals surface area contributed by atoms with Crippen molar-refractivity contribution in [2.24, 2.45) is 0 Å². The number of methoxy groups -OCH3 is 1. The van der Waals surface area contributed by atoms with Crippen LogP contribution < -0.4 is 15.0 Å². The van der Waals surface area contributed by atoms with Gasteiger partial charge in [0.2, 0.25) is 0 Å². The number of nitrogens with zero attached hydrogens (tertiary/aromatic N) is 2. The van der Waals surface area contributed by atoms with Crippen LogP contribution in [0, 0.1) is 20.8 Å². The van der Waals surface area contributed by atoms with Gasteiger partial charge in [-0.3, -0.25) is 19.8 Å². The van der Waals surface area contributed by atoms with Crippen LogP contribution in [0.1, 0.15) is 22.4 Å². The summed E-state index contributed by atoms with van der Waals surface area (Å²) in [6.45, 7) is 5.86. The molecule has 2 heterocycles. The van der Waals surface area contributed by atoms with E-state index in [0.717, 1.165) is 33.8 Å². The molecular formula is C25H23N3O3S. The van der Waals surface area contributed by atoms with E-state index in [4.69, 9.17) is 17.0 Å². The summed E-state index contributed by atoms with van der Waals surface area (Å²) in [5.41, 5.74) is 5.33. The van der Waals surface area contributed by atoms with Crippen LogP contribution in [0.15, 0.2) is 60.3 Å². The van der Waals surface area contributed by atoms with Crippen molar-refractivity contribution in [1.82, 2.24) is 9.88 Å². The smallest absolute Gasteiger partial charge is 0.270 e. The number of aryl methyl sites for hydroxylation is 3. The lowest BCUT2D eigenvalue weighted by Crippen LogP contribution is -2.54. The van der Waals surface area contributed by atoms with Crippen molar-refractivity contribution in [3.63, 3.8) is 0 Å². The fourth-order valence-corrected chi connectivity index (χ4v) is 4.07. The molecule has 4 rings (SSSR count). The number of hydrogen-bond donors (Lipinski definition) is 1. The molecule has 1 fully saturated rings. The molecule has 7 heteroatoms. The van der Waals surface area contributed by atoms with E-state index in [0.29, 0.717) is 5.69 Å². The number of amides is 2. The highest BCUT2D eigenvalue weighted by atomic mass is 32.1. The van der Waals surface area contributed by atoms with Crippen LogP contribution in [0.25, 0.3) is 11.8 Å². The van der Waals surface area contributed by atoms with Crippen LogP contribution in [0.3, 0.4) is 0 Å². The Labute approximate surface area is 192 Å². The van der Waals surface area contributed by atoms with E-state index in [1.54, 1.807) is 13.2 Å². The molecular weight excluding hydrogens is 422 g/mol. The molecule has 6 nitrogen and oxygen atoms in total. The summed E-state index contributed by atoms with van der Waals surface area (Å²) in [5.74, 6) is -0.177. The second kappa shape index (κ2) is 8.43. The van der Waals surface area contributed by atoms with Crippen LogP contribution in [0.2, 0.25) is 0 Å². The van der Waals surface area contributed by atoms with Crippen LogP contribution in [-0.4, -0.2) is 28.6 Å². The van der Waals surface area contributed by atoms with Crippen molar-refractivity contribution < 1.29 is 14.3 Å². The fourth-order valence-electron chi connectivity index (χ4n) is 3.80. The third-order valence-corrected chi connectivity index (χ3v) is 5.67. The summed E-state index contributed by atoms with van der Waals surface area (Å²) in [6.07, 6.45) is 3.49. The standard InChI is InChI=1S/C25H23N3O3S/c1-15-5-10-22(16(2)11-15)28-24(30)21(23(29)26-25(28)32)13-18-12-17(3)27(14-18)19-6-8-20(31-4)9-7-19/h5-14H,1-4H3,(H,26,29,32)/b21-13-. The average molecular weight is 446 g/mol. The predicted octanol–water partition coefficient (Wildman–Crippen LogP) is 4.24. The molecule has 1 N–H and O–H groups in total. The van der Waals surface area contributed by atoms with Gasteiger partial charge in [0.05, 0.1) is 12.8 Å². The van der Waals surface area contributed by atoms with Gasteiger partial charge in [0.1, 0.15) is 11.3 Å². The lowest BCUT2D eigenvalue weighted by molar-refractivity contribution is -0.122. The zero-order valence-corrected chi connectivity index (χ0v) is 19.1. The van der Waals surface area contributed by atoms with Gasteiger partial charge < -0.3 is 9.30 Å². The minimum atomic E-state index is -0.504.